The first-order valence-corrected chi connectivity index (χ1v) is 13.1. The van der Waals surface area contributed by atoms with Crippen LogP contribution in [0.15, 0.2) is 89.1 Å². The molecule has 0 N–H and O–H groups in total. The minimum absolute atomic E-state index is 0.00418. The molecule has 0 saturated heterocycles. The van der Waals surface area contributed by atoms with Crippen molar-refractivity contribution in [1.29, 1.82) is 0 Å². The van der Waals surface area contributed by atoms with E-state index in [9.17, 15) is 9.59 Å². The Balaban J connectivity index is 1.39. The van der Waals surface area contributed by atoms with E-state index in [1.54, 1.807) is 12.1 Å². The SMILES string of the molecule is O=C1C(=Cc2cccc(Oc3ccc(Cl)cc3)c2)SC2c3ccccc3C(=O)N2Cc2sccc21. The number of benzene rings is 3. The molecule has 0 spiro atoms. The lowest BCUT2D eigenvalue weighted by molar-refractivity contribution is 0.0760. The van der Waals surface area contributed by atoms with E-state index in [0.717, 1.165) is 16.0 Å². The Hall–Kier alpha value is -3.32. The molecule has 4 nitrogen and oxygen atoms in total. The number of ether oxygens (including phenoxy) is 1. The number of ketones is 1. The third-order valence-electron chi connectivity index (χ3n) is 5.97. The minimum atomic E-state index is -0.252. The summed E-state index contributed by atoms with van der Waals surface area (Å²) >= 11 is 8.92. The monoisotopic (exact) mass is 515 g/mol. The lowest BCUT2D eigenvalue weighted by Crippen LogP contribution is -2.28. The van der Waals surface area contributed by atoms with Crippen molar-refractivity contribution in [3.63, 3.8) is 0 Å². The number of hydrogen-bond donors (Lipinski definition) is 0. The van der Waals surface area contributed by atoms with Crippen molar-refractivity contribution in [3.05, 3.63) is 121 Å². The van der Waals surface area contributed by atoms with Crippen molar-refractivity contribution in [2.75, 3.05) is 0 Å². The highest BCUT2D eigenvalue weighted by Gasteiger charge is 2.40. The highest BCUT2D eigenvalue weighted by atomic mass is 35.5. The summed E-state index contributed by atoms with van der Waals surface area (Å²) in [5.74, 6) is 1.32. The van der Waals surface area contributed by atoms with Gasteiger partial charge < -0.3 is 9.64 Å². The van der Waals surface area contributed by atoms with Crippen LogP contribution >= 0.6 is 34.7 Å². The van der Waals surface area contributed by atoms with Gasteiger partial charge in [-0.25, -0.2) is 0 Å². The Labute approximate surface area is 215 Å². The van der Waals surface area contributed by atoms with Crippen LogP contribution in [0.1, 0.15) is 42.1 Å². The van der Waals surface area contributed by atoms with Gasteiger partial charge in [0, 0.05) is 21.0 Å². The maximum absolute atomic E-state index is 13.6. The number of allylic oxidation sites excluding steroid dienone is 1. The van der Waals surface area contributed by atoms with E-state index in [1.807, 2.05) is 83.1 Å². The molecule has 7 heteroatoms. The molecule has 0 saturated carbocycles. The number of amides is 1. The summed E-state index contributed by atoms with van der Waals surface area (Å²) < 4.78 is 5.98. The molecule has 1 unspecified atom stereocenters. The van der Waals surface area contributed by atoms with Crippen molar-refractivity contribution >= 4 is 52.5 Å². The summed E-state index contributed by atoms with van der Waals surface area (Å²) in [6.07, 6.45) is 1.89. The van der Waals surface area contributed by atoms with Gasteiger partial charge in [-0.1, -0.05) is 53.7 Å². The standard InChI is InChI=1S/C28H18ClNO3S2/c29-18-8-10-19(11-9-18)33-20-5-3-4-17(14-20)15-24-26(31)23-12-13-34-25(23)16-30-27(32)21-6-1-2-7-22(21)28(30)35-24/h1-15,28H,16H2. The molecule has 2 aliphatic rings. The van der Waals surface area contributed by atoms with Gasteiger partial charge in [0.2, 0.25) is 5.78 Å². The topological polar surface area (TPSA) is 46.6 Å². The summed E-state index contributed by atoms with van der Waals surface area (Å²) in [5.41, 5.74) is 3.15. The van der Waals surface area contributed by atoms with Crippen LogP contribution in [0.4, 0.5) is 0 Å². The minimum Gasteiger partial charge on any atom is -0.457 e. The Kier molecular flexibility index (Phi) is 5.72. The summed E-state index contributed by atoms with van der Waals surface area (Å²) in [5, 5.41) is 2.31. The van der Waals surface area contributed by atoms with E-state index < -0.39 is 0 Å². The van der Waals surface area contributed by atoms with Crippen LogP contribution < -0.4 is 4.74 Å². The fourth-order valence-corrected chi connectivity index (χ4v) is 6.59. The molecular formula is C28H18ClNO3S2. The number of carbonyl (C=O) groups is 2. The van der Waals surface area contributed by atoms with Crippen LogP contribution in [0.5, 0.6) is 11.5 Å². The van der Waals surface area contributed by atoms with Gasteiger partial charge in [0.1, 0.15) is 16.9 Å². The first-order valence-electron chi connectivity index (χ1n) is 11.0. The van der Waals surface area contributed by atoms with E-state index in [-0.39, 0.29) is 17.1 Å². The maximum Gasteiger partial charge on any atom is 0.255 e. The Morgan fingerprint density at radius 3 is 2.60 bits per heavy atom. The predicted molar refractivity (Wildman–Crippen MR) is 141 cm³/mol. The van der Waals surface area contributed by atoms with Crippen molar-refractivity contribution in [2.24, 2.45) is 0 Å². The number of halogens is 1. The molecule has 2 aliphatic heterocycles. The summed E-state index contributed by atoms with van der Waals surface area (Å²) in [7, 11) is 0. The van der Waals surface area contributed by atoms with E-state index >= 15 is 0 Å². The lowest BCUT2D eigenvalue weighted by Gasteiger charge is -2.28. The molecular weight excluding hydrogens is 498 g/mol. The second-order valence-electron chi connectivity index (χ2n) is 8.21. The molecule has 3 aromatic carbocycles. The zero-order valence-electron chi connectivity index (χ0n) is 18.3. The van der Waals surface area contributed by atoms with E-state index in [1.165, 1.54) is 23.1 Å². The van der Waals surface area contributed by atoms with Crippen molar-refractivity contribution in [1.82, 2.24) is 4.90 Å². The molecule has 1 aromatic heterocycles. The van der Waals surface area contributed by atoms with Gasteiger partial charge in [-0.15, -0.1) is 11.3 Å². The second-order valence-corrected chi connectivity index (χ2v) is 10.8. The highest BCUT2D eigenvalue weighted by molar-refractivity contribution is 8.04. The van der Waals surface area contributed by atoms with Gasteiger partial charge in [0.25, 0.3) is 5.91 Å². The quantitative estimate of drug-likeness (QED) is 0.261. The number of thiophene rings is 1. The largest absolute Gasteiger partial charge is 0.457 e. The van der Waals surface area contributed by atoms with Gasteiger partial charge in [-0.2, -0.15) is 0 Å². The molecule has 6 rings (SSSR count). The van der Waals surface area contributed by atoms with Crippen LogP contribution in [0.25, 0.3) is 6.08 Å². The Morgan fingerprint density at radius 2 is 1.74 bits per heavy atom. The molecule has 0 radical (unpaired) electrons. The van der Waals surface area contributed by atoms with Crippen molar-refractivity contribution in [2.45, 2.75) is 11.9 Å². The van der Waals surface area contributed by atoms with Crippen LogP contribution in [0.2, 0.25) is 5.02 Å². The number of carbonyl (C=O) groups excluding carboxylic acids is 2. The number of thioether (sulfide) groups is 1. The summed E-state index contributed by atoms with van der Waals surface area (Å²) in [6, 6.07) is 24.3. The summed E-state index contributed by atoms with van der Waals surface area (Å²) in [4.78, 5) is 30.2. The number of rotatable bonds is 3. The van der Waals surface area contributed by atoms with Crippen molar-refractivity contribution < 1.29 is 14.3 Å². The van der Waals surface area contributed by atoms with Crippen LogP contribution in [-0.4, -0.2) is 16.6 Å². The summed E-state index contributed by atoms with van der Waals surface area (Å²) in [6.45, 7) is 0.432. The normalized spacial score (nSPS) is 18.0. The lowest BCUT2D eigenvalue weighted by atomic mass is 10.1. The number of hydrogen-bond acceptors (Lipinski definition) is 5. The third kappa shape index (κ3) is 4.18. The van der Waals surface area contributed by atoms with Gasteiger partial charge in [0.15, 0.2) is 0 Å². The molecule has 4 aromatic rings. The highest BCUT2D eigenvalue weighted by Crippen LogP contribution is 2.48. The molecule has 35 heavy (non-hydrogen) atoms. The first-order chi connectivity index (χ1) is 17.1. The zero-order valence-corrected chi connectivity index (χ0v) is 20.7. The van der Waals surface area contributed by atoms with Gasteiger partial charge in [-0.05, 0) is 71.1 Å². The van der Waals surface area contributed by atoms with E-state index in [4.69, 9.17) is 16.3 Å². The Morgan fingerprint density at radius 1 is 0.914 bits per heavy atom. The molecule has 0 bridgehead atoms. The maximum atomic E-state index is 13.6. The molecule has 3 heterocycles. The molecule has 1 amide bonds. The second kappa shape index (κ2) is 9.04. The van der Waals surface area contributed by atoms with Crippen molar-refractivity contribution in [3.8, 4) is 11.5 Å². The zero-order chi connectivity index (χ0) is 23.9. The average molecular weight is 516 g/mol. The van der Waals surface area contributed by atoms with Crippen LogP contribution in [-0.2, 0) is 6.54 Å². The molecule has 1 atom stereocenters. The van der Waals surface area contributed by atoms with Gasteiger partial charge >= 0.3 is 0 Å². The Bertz CT molecular complexity index is 1490. The smallest absolute Gasteiger partial charge is 0.255 e. The van der Waals surface area contributed by atoms with E-state index in [2.05, 4.69) is 0 Å². The fraction of sp³-hybridized carbons (Fsp3) is 0.0714. The molecule has 0 fully saturated rings. The third-order valence-corrected chi connectivity index (χ3v) is 8.42. The van der Waals surface area contributed by atoms with Crippen LogP contribution in [0.3, 0.4) is 0 Å². The number of Topliss-reactive ketones (excluding diaryl/α,β-unsaturated/α-hetero) is 1. The van der Waals surface area contributed by atoms with Crippen LogP contribution in [0, 0.1) is 0 Å². The van der Waals surface area contributed by atoms with E-state index in [0.29, 0.717) is 39.1 Å². The first kappa shape index (κ1) is 22.2. The van der Waals surface area contributed by atoms with Gasteiger partial charge in [0.05, 0.1) is 11.4 Å². The average Bonchev–Trinajstić information content (AvgIpc) is 3.43. The molecule has 0 aliphatic carbocycles. The number of fused-ring (bicyclic) bond motifs is 4. The molecule has 172 valence electrons. The number of nitrogens with zero attached hydrogens (tertiary/aromatic N) is 1. The fourth-order valence-electron chi connectivity index (χ4n) is 4.30. The predicted octanol–water partition coefficient (Wildman–Crippen LogP) is 7.82. The van der Waals surface area contributed by atoms with Gasteiger partial charge in [-0.3, -0.25) is 9.59 Å².